The predicted molar refractivity (Wildman–Crippen MR) is 87.9 cm³/mol. The number of esters is 1. The van der Waals surface area contributed by atoms with Crippen LogP contribution in [0.4, 0.5) is 4.79 Å². The van der Waals surface area contributed by atoms with E-state index in [1.165, 1.54) is 5.56 Å². The van der Waals surface area contributed by atoms with Crippen molar-refractivity contribution in [3.05, 3.63) is 35.9 Å². The summed E-state index contributed by atoms with van der Waals surface area (Å²) in [6.45, 7) is 4.83. The molecule has 0 saturated carbocycles. The Bertz CT molecular complexity index is 499. The fourth-order valence-corrected chi connectivity index (χ4v) is 2.68. The summed E-state index contributed by atoms with van der Waals surface area (Å²) in [5.41, 5.74) is 1.31. The van der Waals surface area contributed by atoms with Crippen molar-refractivity contribution in [2.45, 2.75) is 32.4 Å². The molecule has 2 N–H and O–H groups in total. The van der Waals surface area contributed by atoms with Crippen LogP contribution in [0.2, 0.25) is 0 Å². The quantitative estimate of drug-likeness (QED) is 0.780. The Kier molecular flexibility index (Phi) is 6.87. The SMILES string of the molecule is CCOC(=O)CNC(=O)NC1CCN(Cc2ccccc2)CC1. The number of urea groups is 1. The smallest absolute Gasteiger partial charge is 0.325 e. The number of carbonyl (C=O) groups is 2. The highest BCUT2D eigenvalue weighted by Gasteiger charge is 2.20. The van der Waals surface area contributed by atoms with Gasteiger partial charge in [-0.15, -0.1) is 0 Å². The van der Waals surface area contributed by atoms with Crippen molar-refractivity contribution in [1.82, 2.24) is 15.5 Å². The number of piperidine rings is 1. The summed E-state index contributed by atoms with van der Waals surface area (Å²) in [5.74, 6) is -0.416. The maximum Gasteiger partial charge on any atom is 0.325 e. The van der Waals surface area contributed by atoms with Crippen LogP contribution >= 0.6 is 0 Å². The maximum atomic E-state index is 11.7. The lowest BCUT2D eigenvalue weighted by atomic mass is 10.0. The lowest BCUT2D eigenvalue weighted by molar-refractivity contribution is -0.141. The number of amides is 2. The Labute approximate surface area is 137 Å². The highest BCUT2D eigenvalue weighted by molar-refractivity contribution is 5.80. The maximum absolute atomic E-state index is 11.7. The van der Waals surface area contributed by atoms with Gasteiger partial charge in [0.15, 0.2) is 0 Å². The molecule has 1 aliphatic rings. The van der Waals surface area contributed by atoms with Gasteiger partial charge in [0.05, 0.1) is 6.61 Å². The average Bonchev–Trinajstić information content (AvgIpc) is 2.56. The monoisotopic (exact) mass is 319 g/mol. The molecular weight excluding hydrogens is 294 g/mol. The number of nitrogens with one attached hydrogen (secondary N) is 2. The summed E-state index contributed by atoms with van der Waals surface area (Å²) < 4.78 is 4.76. The van der Waals surface area contributed by atoms with E-state index in [4.69, 9.17) is 4.74 Å². The number of benzene rings is 1. The molecule has 1 saturated heterocycles. The molecule has 23 heavy (non-hydrogen) atoms. The number of rotatable bonds is 6. The zero-order valence-corrected chi connectivity index (χ0v) is 13.6. The summed E-state index contributed by atoms with van der Waals surface area (Å²) in [6, 6.07) is 10.2. The van der Waals surface area contributed by atoms with Crippen molar-refractivity contribution in [1.29, 1.82) is 0 Å². The number of ether oxygens (including phenoxy) is 1. The van der Waals surface area contributed by atoms with Crippen molar-refractivity contribution in [3.8, 4) is 0 Å². The van der Waals surface area contributed by atoms with Crippen LogP contribution < -0.4 is 10.6 Å². The first-order valence-corrected chi connectivity index (χ1v) is 8.13. The topological polar surface area (TPSA) is 70.7 Å². The number of carbonyl (C=O) groups excluding carboxylic acids is 2. The van der Waals surface area contributed by atoms with Crippen LogP contribution in [0.25, 0.3) is 0 Å². The highest BCUT2D eigenvalue weighted by Crippen LogP contribution is 2.13. The van der Waals surface area contributed by atoms with E-state index >= 15 is 0 Å². The summed E-state index contributed by atoms with van der Waals surface area (Å²) in [5, 5.41) is 5.44. The second-order valence-corrected chi connectivity index (χ2v) is 5.67. The van der Waals surface area contributed by atoms with Gasteiger partial charge in [0.1, 0.15) is 6.54 Å². The molecule has 0 radical (unpaired) electrons. The van der Waals surface area contributed by atoms with E-state index in [1.54, 1.807) is 6.92 Å². The molecule has 2 amide bonds. The molecule has 1 heterocycles. The zero-order chi connectivity index (χ0) is 16.5. The first-order chi connectivity index (χ1) is 11.2. The second-order valence-electron chi connectivity index (χ2n) is 5.67. The molecule has 2 rings (SSSR count). The van der Waals surface area contributed by atoms with Gasteiger partial charge in [-0.05, 0) is 25.3 Å². The second kappa shape index (κ2) is 9.15. The van der Waals surface area contributed by atoms with Crippen molar-refractivity contribution < 1.29 is 14.3 Å². The Morgan fingerprint density at radius 3 is 2.57 bits per heavy atom. The van der Waals surface area contributed by atoms with Crippen molar-refractivity contribution in [3.63, 3.8) is 0 Å². The van der Waals surface area contributed by atoms with Crippen molar-refractivity contribution in [2.75, 3.05) is 26.2 Å². The third-order valence-corrected chi connectivity index (χ3v) is 3.87. The third-order valence-electron chi connectivity index (χ3n) is 3.87. The Balaban J connectivity index is 1.64. The molecule has 0 aliphatic carbocycles. The molecule has 6 nitrogen and oxygen atoms in total. The molecule has 1 aromatic rings. The minimum absolute atomic E-state index is 0.0907. The molecule has 0 atom stereocenters. The molecule has 0 aromatic heterocycles. The van der Waals surface area contributed by atoms with Crippen LogP contribution in [0, 0.1) is 0 Å². The average molecular weight is 319 g/mol. The van der Waals surface area contributed by atoms with Gasteiger partial charge in [0.25, 0.3) is 0 Å². The van der Waals surface area contributed by atoms with Gasteiger partial charge in [-0.3, -0.25) is 9.69 Å². The lowest BCUT2D eigenvalue weighted by Crippen LogP contribution is -2.48. The van der Waals surface area contributed by atoms with Crippen LogP contribution in [0.1, 0.15) is 25.3 Å². The van der Waals surface area contributed by atoms with Gasteiger partial charge in [0, 0.05) is 25.7 Å². The summed E-state index contributed by atoms with van der Waals surface area (Å²) in [4.78, 5) is 25.3. The third kappa shape index (κ3) is 6.28. The molecule has 1 aromatic carbocycles. The van der Waals surface area contributed by atoms with Gasteiger partial charge < -0.3 is 15.4 Å². The fourth-order valence-electron chi connectivity index (χ4n) is 2.68. The van der Waals surface area contributed by atoms with E-state index in [2.05, 4.69) is 39.8 Å². The summed E-state index contributed by atoms with van der Waals surface area (Å²) >= 11 is 0. The summed E-state index contributed by atoms with van der Waals surface area (Å²) in [6.07, 6.45) is 1.83. The first-order valence-electron chi connectivity index (χ1n) is 8.13. The number of hydrogen-bond acceptors (Lipinski definition) is 4. The minimum Gasteiger partial charge on any atom is -0.465 e. The van der Waals surface area contributed by atoms with Gasteiger partial charge in [-0.1, -0.05) is 30.3 Å². The van der Waals surface area contributed by atoms with Gasteiger partial charge in [0.2, 0.25) is 0 Å². The van der Waals surface area contributed by atoms with Gasteiger partial charge in [-0.2, -0.15) is 0 Å². The first kappa shape index (κ1) is 17.3. The van der Waals surface area contributed by atoms with Crippen molar-refractivity contribution >= 4 is 12.0 Å². The van der Waals surface area contributed by atoms with E-state index in [0.717, 1.165) is 32.5 Å². The largest absolute Gasteiger partial charge is 0.465 e. The molecule has 1 fully saturated rings. The van der Waals surface area contributed by atoms with E-state index in [9.17, 15) is 9.59 Å². The molecule has 0 unspecified atom stereocenters. The fraction of sp³-hybridized carbons (Fsp3) is 0.529. The standard InChI is InChI=1S/C17H25N3O3/c1-2-23-16(21)12-18-17(22)19-15-8-10-20(11-9-15)13-14-6-4-3-5-7-14/h3-7,15H,2,8-13H2,1H3,(H2,18,19,22). The van der Waals surface area contributed by atoms with Gasteiger partial charge >= 0.3 is 12.0 Å². The van der Waals surface area contributed by atoms with Crippen LogP contribution in [0.15, 0.2) is 30.3 Å². The molecule has 6 heteroatoms. The number of nitrogens with zero attached hydrogens (tertiary/aromatic N) is 1. The number of hydrogen-bond donors (Lipinski definition) is 2. The van der Waals surface area contributed by atoms with Crippen LogP contribution in [-0.4, -0.2) is 49.2 Å². The molecule has 126 valence electrons. The minimum atomic E-state index is -0.416. The van der Waals surface area contributed by atoms with Crippen LogP contribution in [-0.2, 0) is 16.1 Å². The van der Waals surface area contributed by atoms with E-state index < -0.39 is 5.97 Å². The van der Waals surface area contributed by atoms with Crippen LogP contribution in [0.3, 0.4) is 0 Å². The highest BCUT2D eigenvalue weighted by atomic mass is 16.5. The van der Waals surface area contributed by atoms with E-state index in [0.29, 0.717) is 6.61 Å². The van der Waals surface area contributed by atoms with E-state index in [1.807, 2.05) is 6.07 Å². The van der Waals surface area contributed by atoms with Gasteiger partial charge in [-0.25, -0.2) is 4.79 Å². The Hall–Kier alpha value is -2.08. The summed E-state index contributed by atoms with van der Waals surface area (Å²) in [7, 11) is 0. The normalized spacial score (nSPS) is 15.9. The molecule has 0 spiro atoms. The molecule has 0 bridgehead atoms. The van der Waals surface area contributed by atoms with E-state index in [-0.39, 0.29) is 18.6 Å². The lowest BCUT2D eigenvalue weighted by Gasteiger charge is -2.32. The predicted octanol–water partition coefficient (Wildman–Crippen LogP) is 1.51. The van der Waals surface area contributed by atoms with Crippen molar-refractivity contribution in [2.24, 2.45) is 0 Å². The zero-order valence-electron chi connectivity index (χ0n) is 13.6. The Morgan fingerprint density at radius 2 is 1.91 bits per heavy atom. The molecular formula is C17H25N3O3. The molecule has 1 aliphatic heterocycles. The number of likely N-dealkylation sites (tertiary alicyclic amines) is 1. The Morgan fingerprint density at radius 1 is 1.22 bits per heavy atom. The van der Waals surface area contributed by atoms with Crippen LogP contribution in [0.5, 0.6) is 0 Å².